The molecule has 5 heterocycles. The lowest BCUT2D eigenvalue weighted by molar-refractivity contribution is -0.384. The summed E-state index contributed by atoms with van der Waals surface area (Å²) < 4.78 is 3.15. The normalized spacial score (nSPS) is 13.4. The van der Waals surface area contributed by atoms with Gasteiger partial charge in [-0.3, -0.25) is 10.1 Å². The molecule has 67 heavy (non-hydrogen) atoms. The maximum atomic E-state index is 11.9. The molecule has 0 atom stereocenters. The zero-order valence-corrected chi connectivity index (χ0v) is 45.1. The van der Waals surface area contributed by atoms with E-state index in [1.165, 1.54) is 28.8 Å². The number of nitro benzene ring substituents is 1. The third-order valence-corrected chi connectivity index (χ3v) is 16.7. The number of halogens is 4. The van der Waals surface area contributed by atoms with Gasteiger partial charge < -0.3 is 9.97 Å². The van der Waals surface area contributed by atoms with Crippen LogP contribution in [0.25, 0.3) is 84.5 Å². The summed E-state index contributed by atoms with van der Waals surface area (Å²) in [5.41, 5.74) is 17.0. The van der Waals surface area contributed by atoms with Gasteiger partial charge in [-0.25, -0.2) is 9.97 Å². The Labute approximate surface area is 425 Å². The molecule has 0 aliphatic carbocycles. The van der Waals surface area contributed by atoms with Gasteiger partial charge in [0.15, 0.2) is 0 Å². The molecule has 0 amide bonds. The number of fused-ring (bicyclic) bond motifs is 8. The predicted molar refractivity (Wildman–Crippen MR) is 295 cm³/mol. The molecule has 0 saturated heterocycles. The summed E-state index contributed by atoms with van der Waals surface area (Å²) in [7, 11) is 0. The van der Waals surface area contributed by atoms with Crippen molar-refractivity contribution in [3.63, 3.8) is 0 Å². The molecule has 8 bridgehead atoms. The maximum absolute atomic E-state index is 11.9. The van der Waals surface area contributed by atoms with Gasteiger partial charge in [-0.1, -0.05) is 135 Å². The van der Waals surface area contributed by atoms with Crippen LogP contribution in [0.5, 0.6) is 0 Å². The number of aromatic nitrogens is 4. The van der Waals surface area contributed by atoms with Gasteiger partial charge in [0.25, 0.3) is 5.69 Å². The van der Waals surface area contributed by atoms with Gasteiger partial charge in [0.1, 0.15) is 0 Å². The monoisotopic (exact) mass is 1140 g/mol. The van der Waals surface area contributed by atoms with Crippen LogP contribution in [0, 0.1) is 10.1 Å². The molecule has 9 rings (SSSR count). The highest BCUT2D eigenvalue weighted by Crippen LogP contribution is 2.50. The minimum atomic E-state index is -0.380. The molecule has 2 N–H and O–H groups in total. The summed E-state index contributed by atoms with van der Waals surface area (Å²) in [6, 6.07) is 41.3. The zero-order valence-electron chi connectivity index (χ0n) is 38.7. The topological polar surface area (TPSA) is 100 Å². The van der Waals surface area contributed by atoms with Crippen LogP contribution in [0.2, 0.25) is 0 Å². The summed E-state index contributed by atoms with van der Waals surface area (Å²) in [4.78, 5) is 30.3. The Morgan fingerprint density at radius 1 is 0.388 bits per heavy atom. The van der Waals surface area contributed by atoms with Gasteiger partial charge in [-0.15, -0.1) is 0 Å². The first kappa shape index (κ1) is 46.9. The zero-order chi connectivity index (χ0) is 47.9. The van der Waals surface area contributed by atoms with Crippen molar-refractivity contribution < 1.29 is 4.92 Å². The lowest BCUT2D eigenvalue weighted by Crippen LogP contribution is -2.10. The van der Waals surface area contributed by atoms with E-state index in [1.807, 2.05) is 0 Å². The highest BCUT2D eigenvalue weighted by molar-refractivity contribution is 9.18. The molecule has 2 aliphatic heterocycles. The van der Waals surface area contributed by atoms with E-state index < -0.39 is 0 Å². The van der Waals surface area contributed by atoms with Gasteiger partial charge >= 0.3 is 0 Å². The third-order valence-electron chi connectivity index (χ3n) is 12.5. The third kappa shape index (κ3) is 8.77. The fourth-order valence-corrected chi connectivity index (χ4v) is 10.6. The summed E-state index contributed by atoms with van der Waals surface area (Å²) >= 11 is 16.1. The van der Waals surface area contributed by atoms with Crippen LogP contribution in [-0.2, 0) is 16.2 Å². The van der Waals surface area contributed by atoms with Crippen molar-refractivity contribution >= 4 is 109 Å². The number of aromatic amines is 2. The van der Waals surface area contributed by atoms with Crippen LogP contribution in [0.3, 0.4) is 0 Å². The number of nitrogens with zero attached hydrogens (tertiary/aromatic N) is 3. The van der Waals surface area contributed by atoms with E-state index in [9.17, 15) is 10.1 Å². The molecule has 0 fully saturated rings. The molecule has 4 aromatic carbocycles. The smallest absolute Gasteiger partial charge is 0.269 e. The maximum Gasteiger partial charge on any atom is 0.269 e. The van der Waals surface area contributed by atoms with Crippen molar-refractivity contribution in [1.29, 1.82) is 0 Å². The summed E-state index contributed by atoms with van der Waals surface area (Å²) in [5.74, 6) is 0. The number of benzene rings is 4. The highest BCUT2D eigenvalue weighted by atomic mass is 79.9. The quantitative estimate of drug-likeness (QED) is 0.132. The largest absolute Gasteiger partial charge is 0.354 e. The average molecular weight is 1140 g/mol. The van der Waals surface area contributed by atoms with Crippen molar-refractivity contribution in [3.8, 4) is 44.5 Å². The number of nitro groups is 1. The van der Waals surface area contributed by atoms with Crippen molar-refractivity contribution in [2.75, 3.05) is 0 Å². The Bertz CT molecular complexity index is 3320. The van der Waals surface area contributed by atoms with Crippen LogP contribution in [0.4, 0.5) is 5.69 Å². The number of hydrogen-bond donors (Lipinski definition) is 2. The molecule has 338 valence electrons. The molecule has 0 saturated carbocycles. The minimum absolute atomic E-state index is 0.00200. The molecule has 7 nitrogen and oxygen atoms in total. The van der Waals surface area contributed by atoms with Gasteiger partial charge in [0, 0.05) is 56.5 Å². The number of rotatable bonds is 5. The Morgan fingerprint density at radius 3 is 0.821 bits per heavy atom. The number of H-pyrrole nitrogens is 2. The molecule has 11 heteroatoms. The highest BCUT2D eigenvalue weighted by Gasteiger charge is 2.29. The first-order chi connectivity index (χ1) is 31.6. The first-order valence-corrected chi connectivity index (χ1v) is 25.3. The molecule has 3 aromatic heterocycles. The van der Waals surface area contributed by atoms with E-state index in [-0.39, 0.29) is 26.9 Å². The summed E-state index contributed by atoms with van der Waals surface area (Å²) in [6.07, 6.45) is 0. The van der Waals surface area contributed by atoms with E-state index in [0.717, 1.165) is 102 Å². The molecule has 0 radical (unpaired) electrons. The van der Waals surface area contributed by atoms with Crippen molar-refractivity contribution in [3.05, 3.63) is 171 Å². The lowest BCUT2D eigenvalue weighted by atomic mass is 9.86. The van der Waals surface area contributed by atoms with Gasteiger partial charge in [0.2, 0.25) is 0 Å². The van der Waals surface area contributed by atoms with Crippen LogP contribution < -0.4 is 0 Å². The number of nitrogens with one attached hydrogen (secondary N) is 2. The van der Waals surface area contributed by atoms with E-state index in [1.54, 1.807) is 12.1 Å². The molecule has 0 unspecified atom stereocenters. The van der Waals surface area contributed by atoms with Crippen LogP contribution >= 0.6 is 63.7 Å². The average Bonchev–Trinajstić information content (AvgIpc) is 4.08. The SMILES string of the molecule is CC(C)(C)c1ccc(-c2c3nc(c(-c4ccc(C(C)(C)C)cc4)c4ccc([nH]4)c(-c4ccc(C(C)(C)C)cc4)c4nc(c(-c5ccc([N+](=O)[O-])cc5)c5ccc2[nH]5)C(Br)=C4Br)C(Br)=C3Br)cc1. The second kappa shape index (κ2) is 17.4. The van der Waals surface area contributed by atoms with E-state index in [4.69, 9.17) is 9.97 Å². The summed E-state index contributed by atoms with van der Waals surface area (Å²) in [6.45, 7) is 20.0. The minimum Gasteiger partial charge on any atom is -0.354 e. The Balaban J connectivity index is 1.49. The van der Waals surface area contributed by atoms with Gasteiger partial charge in [-0.2, -0.15) is 0 Å². The lowest BCUT2D eigenvalue weighted by Gasteiger charge is -2.19. The van der Waals surface area contributed by atoms with Crippen molar-refractivity contribution in [1.82, 2.24) is 19.9 Å². The standard InChI is InChI=1S/C56H49Br4N5O2/c1-54(2,3)34-18-10-30(11-19-34)42-38-26-27-39(61-38)43(31-12-20-35(21-13-31)55(4,5)6)52-48(59)49(60)53(64-52)45(33-16-24-37(25-17-33)65(66)67)41-29-28-40(62-41)44(51-47(58)46(57)50(42)63-51)32-14-22-36(23-15-32)56(7,8)9/h10-29,61-62H,1-9H3. The Morgan fingerprint density at radius 2 is 0.612 bits per heavy atom. The summed E-state index contributed by atoms with van der Waals surface area (Å²) in [5, 5.41) is 11.9. The van der Waals surface area contributed by atoms with Crippen molar-refractivity contribution in [2.24, 2.45) is 0 Å². The second-order valence-electron chi connectivity index (χ2n) is 20.2. The molecular formula is C56H49Br4N5O2. The Kier molecular flexibility index (Phi) is 12.2. The van der Waals surface area contributed by atoms with Crippen LogP contribution in [0.15, 0.2) is 121 Å². The van der Waals surface area contributed by atoms with E-state index >= 15 is 0 Å². The predicted octanol–water partition coefficient (Wildman–Crippen LogP) is 18.0. The fourth-order valence-electron chi connectivity index (χ4n) is 8.71. The van der Waals surface area contributed by atoms with Gasteiger partial charge in [0.05, 0.1) is 45.6 Å². The fraction of sp³-hybridized carbons (Fsp3) is 0.214. The number of hydrogen-bond acceptors (Lipinski definition) is 4. The molecular weight excluding hydrogens is 1090 g/mol. The number of non-ortho nitro benzene ring substituents is 1. The Hall–Kier alpha value is -5.20. The van der Waals surface area contributed by atoms with Crippen LogP contribution in [0.1, 0.15) is 102 Å². The molecule has 7 aromatic rings. The van der Waals surface area contributed by atoms with E-state index in [0.29, 0.717) is 5.69 Å². The van der Waals surface area contributed by atoms with Crippen LogP contribution in [-0.4, -0.2) is 24.9 Å². The molecule has 0 spiro atoms. The molecule has 2 aliphatic rings. The van der Waals surface area contributed by atoms with Gasteiger partial charge in [-0.05, 0) is 155 Å². The second-order valence-corrected chi connectivity index (χ2v) is 23.4. The first-order valence-electron chi connectivity index (χ1n) is 22.1. The van der Waals surface area contributed by atoms with Crippen molar-refractivity contribution in [2.45, 2.75) is 78.6 Å². The van der Waals surface area contributed by atoms with E-state index in [2.05, 4.69) is 233 Å².